The smallest absolute Gasteiger partial charge is 0.308 e. The van der Waals surface area contributed by atoms with Crippen molar-refractivity contribution in [1.82, 2.24) is 0 Å². The molecule has 142 valence electrons. The van der Waals surface area contributed by atoms with Crippen molar-refractivity contribution in [1.29, 1.82) is 0 Å². The SMILES string of the molecule is CC[C@]12CCC3=C(CCc4cc(OC(C)=O)ccc43)C1=CC[C@@H]2OC(C)=O. The molecule has 0 saturated carbocycles. The minimum atomic E-state index is -0.288. The molecule has 0 amide bonds. The van der Waals surface area contributed by atoms with Crippen LogP contribution in [0.3, 0.4) is 0 Å². The second-order valence-electron chi connectivity index (χ2n) is 7.83. The van der Waals surface area contributed by atoms with Gasteiger partial charge in [0.1, 0.15) is 11.9 Å². The molecule has 0 aliphatic heterocycles. The van der Waals surface area contributed by atoms with E-state index in [0.717, 1.165) is 38.5 Å². The van der Waals surface area contributed by atoms with Gasteiger partial charge in [0, 0.05) is 25.7 Å². The lowest BCUT2D eigenvalue weighted by Gasteiger charge is -2.43. The first-order valence-corrected chi connectivity index (χ1v) is 9.86. The van der Waals surface area contributed by atoms with Crippen LogP contribution in [-0.4, -0.2) is 18.0 Å². The van der Waals surface area contributed by atoms with Crippen LogP contribution in [0.4, 0.5) is 0 Å². The predicted octanol–water partition coefficient (Wildman–Crippen LogP) is 4.76. The molecular weight excluding hydrogens is 340 g/mol. The molecule has 0 saturated heterocycles. The quantitative estimate of drug-likeness (QED) is 0.571. The lowest BCUT2D eigenvalue weighted by atomic mass is 9.63. The minimum absolute atomic E-state index is 0.0281. The third kappa shape index (κ3) is 2.91. The molecule has 0 heterocycles. The van der Waals surface area contributed by atoms with Crippen LogP contribution in [-0.2, 0) is 20.7 Å². The van der Waals surface area contributed by atoms with Crippen LogP contribution >= 0.6 is 0 Å². The number of fused-ring (bicyclic) bond motifs is 4. The Morgan fingerprint density at radius 1 is 1.11 bits per heavy atom. The Morgan fingerprint density at radius 3 is 2.63 bits per heavy atom. The summed E-state index contributed by atoms with van der Waals surface area (Å²) in [6, 6.07) is 6.00. The number of carbonyl (C=O) groups excluding carboxylic acids is 2. The van der Waals surface area contributed by atoms with Gasteiger partial charge in [-0.1, -0.05) is 19.1 Å². The Hall–Kier alpha value is -2.36. The van der Waals surface area contributed by atoms with Crippen molar-refractivity contribution >= 4 is 17.5 Å². The summed E-state index contributed by atoms with van der Waals surface area (Å²) in [5, 5.41) is 0. The largest absolute Gasteiger partial charge is 0.461 e. The van der Waals surface area contributed by atoms with Gasteiger partial charge in [-0.3, -0.25) is 9.59 Å². The Morgan fingerprint density at radius 2 is 1.93 bits per heavy atom. The summed E-state index contributed by atoms with van der Waals surface area (Å²) in [7, 11) is 0. The van der Waals surface area contributed by atoms with Crippen LogP contribution in [0.1, 0.15) is 64.0 Å². The van der Waals surface area contributed by atoms with E-state index in [1.165, 1.54) is 41.7 Å². The van der Waals surface area contributed by atoms with Crippen LogP contribution in [0.25, 0.3) is 5.57 Å². The van der Waals surface area contributed by atoms with Crippen LogP contribution in [0.15, 0.2) is 35.4 Å². The van der Waals surface area contributed by atoms with E-state index in [-0.39, 0.29) is 23.5 Å². The lowest BCUT2D eigenvalue weighted by molar-refractivity contribution is -0.151. The highest BCUT2D eigenvalue weighted by atomic mass is 16.5. The maximum atomic E-state index is 11.6. The van der Waals surface area contributed by atoms with E-state index in [1.807, 2.05) is 12.1 Å². The van der Waals surface area contributed by atoms with Crippen molar-refractivity contribution in [3.8, 4) is 5.75 Å². The molecule has 0 bridgehead atoms. The van der Waals surface area contributed by atoms with Gasteiger partial charge in [-0.15, -0.1) is 0 Å². The number of rotatable bonds is 3. The molecule has 0 aromatic heterocycles. The molecule has 0 radical (unpaired) electrons. The molecule has 3 aliphatic carbocycles. The third-order valence-electron chi connectivity index (χ3n) is 6.45. The minimum Gasteiger partial charge on any atom is -0.461 e. The van der Waals surface area contributed by atoms with Crippen molar-refractivity contribution in [3.05, 3.63) is 46.5 Å². The van der Waals surface area contributed by atoms with Gasteiger partial charge < -0.3 is 9.47 Å². The standard InChI is InChI=1S/C23H26O4/c1-4-23-12-11-19-18-8-6-17(26-14(2)24)13-16(18)5-7-20(19)21(23)9-10-22(23)27-15(3)25/h6,8-9,13,22H,4-5,7,10-12H2,1-3H3/t22-,23-/m0/s1. The molecule has 0 unspecified atom stereocenters. The monoisotopic (exact) mass is 366 g/mol. The molecule has 1 aromatic carbocycles. The number of ether oxygens (including phenoxy) is 2. The second-order valence-corrected chi connectivity index (χ2v) is 7.83. The summed E-state index contributed by atoms with van der Waals surface area (Å²) >= 11 is 0. The molecule has 4 heteroatoms. The second kappa shape index (κ2) is 6.66. The normalized spacial score (nSPS) is 25.9. The molecule has 2 atom stereocenters. The van der Waals surface area contributed by atoms with Crippen molar-refractivity contribution in [2.45, 2.75) is 65.4 Å². The first-order chi connectivity index (χ1) is 12.9. The predicted molar refractivity (Wildman–Crippen MR) is 103 cm³/mol. The lowest BCUT2D eigenvalue weighted by Crippen LogP contribution is -2.38. The molecule has 1 aromatic rings. The van der Waals surface area contributed by atoms with Crippen LogP contribution in [0, 0.1) is 5.41 Å². The topological polar surface area (TPSA) is 52.6 Å². The van der Waals surface area contributed by atoms with Gasteiger partial charge in [0.2, 0.25) is 0 Å². The van der Waals surface area contributed by atoms with Crippen LogP contribution < -0.4 is 4.74 Å². The number of benzene rings is 1. The van der Waals surface area contributed by atoms with Crippen LogP contribution in [0.2, 0.25) is 0 Å². The number of esters is 2. The summed E-state index contributed by atoms with van der Waals surface area (Å²) in [5.41, 5.74) is 6.79. The maximum absolute atomic E-state index is 11.6. The highest BCUT2D eigenvalue weighted by Crippen LogP contribution is 2.58. The molecular formula is C23H26O4. The van der Waals surface area contributed by atoms with Crippen LogP contribution in [0.5, 0.6) is 5.75 Å². The highest BCUT2D eigenvalue weighted by molar-refractivity contribution is 5.80. The van der Waals surface area contributed by atoms with Crippen molar-refractivity contribution in [3.63, 3.8) is 0 Å². The zero-order chi connectivity index (χ0) is 19.2. The Labute approximate surface area is 160 Å². The van der Waals surface area contributed by atoms with Gasteiger partial charge in [0.15, 0.2) is 0 Å². The van der Waals surface area contributed by atoms with E-state index < -0.39 is 0 Å². The van der Waals surface area contributed by atoms with E-state index in [1.54, 1.807) is 0 Å². The first kappa shape index (κ1) is 18.0. The Bertz CT molecular complexity index is 876. The highest BCUT2D eigenvalue weighted by Gasteiger charge is 2.49. The fraction of sp³-hybridized carbons (Fsp3) is 0.478. The number of aryl methyl sites for hydroxylation is 1. The first-order valence-electron chi connectivity index (χ1n) is 9.86. The summed E-state index contributed by atoms with van der Waals surface area (Å²) < 4.78 is 11.0. The number of hydrogen-bond acceptors (Lipinski definition) is 4. The summed E-state index contributed by atoms with van der Waals surface area (Å²) in [5.74, 6) is 0.150. The van der Waals surface area contributed by atoms with E-state index in [2.05, 4.69) is 19.1 Å². The van der Waals surface area contributed by atoms with Gasteiger partial charge in [0.25, 0.3) is 0 Å². The van der Waals surface area contributed by atoms with Gasteiger partial charge in [-0.25, -0.2) is 0 Å². The summed E-state index contributed by atoms with van der Waals surface area (Å²) in [6.45, 7) is 5.15. The fourth-order valence-electron chi connectivity index (χ4n) is 5.31. The molecule has 3 aliphatic rings. The summed E-state index contributed by atoms with van der Waals surface area (Å²) in [6.07, 6.45) is 8.03. The molecule has 0 fully saturated rings. The summed E-state index contributed by atoms with van der Waals surface area (Å²) in [4.78, 5) is 22.8. The zero-order valence-corrected chi connectivity index (χ0v) is 16.3. The number of allylic oxidation sites excluding steroid dienone is 2. The molecule has 0 spiro atoms. The van der Waals surface area contributed by atoms with E-state index in [4.69, 9.17) is 9.47 Å². The molecule has 27 heavy (non-hydrogen) atoms. The third-order valence-corrected chi connectivity index (χ3v) is 6.45. The van der Waals surface area contributed by atoms with E-state index in [0.29, 0.717) is 5.75 Å². The van der Waals surface area contributed by atoms with Crippen molar-refractivity contribution < 1.29 is 19.1 Å². The fourth-order valence-corrected chi connectivity index (χ4v) is 5.31. The molecule has 4 nitrogen and oxygen atoms in total. The Kier molecular flexibility index (Phi) is 4.45. The number of hydrogen-bond donors (Lipinski definition) is 0. The van der Waals surface area contributed by atoms with Gasteiger partial charge in [-0.05, 0) is 72.1 Å². The van der Waals surface area contributed by atoms with Crippen molar-refractivity contribution in [2.24, 2.45) is 5.41 Å². The van der Waals surface area contributed by atoms with Gasteiger partial charge >= 0.3 is 11.9 Å². The average molecular weight is 366 g/mol. The average Bonchev–Trinajstić information content (AvgIpc) is 2.99. The van der Waals surface area contributed by atoms with Gasteiger partial charge in [-0.2, -0.15) is 0 Å². The van der Waals surface area contributed by atoms with Gasteiger partial charge in [0.05, 0.1) is 0 Å². The van der Waals surface area contributed by atoms with Crippen molar-refractivity contribution in [2.75, 3.05) is 0 Å². The van der Waals surface area contributed by atoms with E-state index in [9.17, 15) is 9.59 Å². The molecule has 0 N–H and O–H groups in total. The van der Waals surface area contributed by atoms with E-state index >= 15 is 0 Å². The molecule has 4 rings (SSSR count). The number of carbonyl (C=O) groups is 2. The zero-order valence-electron chi connectivity index (χ0n) is 16.3. The Balaban J connectivity index is 1.71. The maximum Gasteiger partial charge on any atom is 0.308 e.